The molecule has 1 aromatic rings. The van der Waals surface area contributed by atoms with E-state index in [1.54, 1.807) is 11.7 Å². The fourth-order valence-electron chi connectivity index (χ4n) is 1.04. The molecule has 0 radical (unpaired) electrons. The maximum atomic E-state index is 9.57. The van der Waals surface area contributed by atoms with E-state index in [-0.39, 0.29) is 6.10 Å². The molecule has 0 saturated heterocycles. The van der Waals surface area contributed by atoms with Crippen molar-refractivity contribution in [1.29, 1.82) is 0 Å². The number of tetrazole rings is 1. The molecule has 1 aromatic heterocycles. The topological polar surface area (TPSA) is 63.8 Å². The second-order valence-electron chi connectivity index (χ2n) is 3.19. The number of aliphatic hydroxyl groups excluding tert-OH is 1. The second kappa shape index (κ2) is 5.98. The van der Waals surface area contributed by atoms with Gasteiger partial charge in [-0.05, 0) is 16.8 Å². The minimum atomic E-state index is -0.253. The Labute approximate surface area is 87.9 Å². The zero-order valence-corrected chi connectivity index (χ0v) is 9.37. The van der Waals surface area contributed by atoms with Crippen molar-refractivity contribution in [2.45, 2.75) is 37.4 Å². The van der Waals surface area contributed by atoms with E-state index in [0.717, 1.165) is 24.4 Å². The molecular weight excluding hydrogens is 200 g/mol. The van der Waals surface area contributed by atoms with Crippen LogP contribution in [0.2, 0.25) is 0 Å². The van der Waals surface area contributed by atoms with Gasteiger partial charge in [-0.1, -0.05) is 31.5 Å². The van der Waals surface area contributed by atoms with Gasteiger partial charge in [0.25, 0.3) is 0 Å². The summed E-state index contributed by atoms with van der Waals surface area (Å²) in [7, 11) is 1.79. The summed E-state index contributed by atoms with van der Waals surface area (Å²) in [5.74, 6) is 0.661. The molecule has 5 nitrogen and oxygen atoms in total. The highest BCUT2D eigenvalue weighted by atomic mass is 32.2. The quantitative estimate of drug-likeness (QED) is 0.714. The maximum absolute atomic E-state index is 9.57. The lowest BCUT2D eigenvalue weighted by Gasteiger charge is -2.07. The van der Waals surface area contributed by atoms with Crippen molar-refractivity contribution >= 4 is 11.8 Å². The van der Waals surface area contributed by atoms with Crippen LogP contribution in [0.1, 0.15) is 26.2 Å². The van der Waals surface area contributed by atoms with Crippen LogP contribution in [0.4, 0.5) is 0 Å². The summed E-state index contributed by atoms with van der Waals surface area (Å²) in [5, 5.41) is 21.4. The van der Waals surface area contributed by atoms with Crippen LogP contribution < -0.4 is 0 Å². The Morgan fingerprint density at radius 3 is 2.93 bits per heavy atom. The Bertz CT molecular complexity index is 266. The summed E-state index contributed by atoms with van der Waals surface area (Å²) in [6.07, 6.45) is 2.79. The molecule has 0 aliphatic heterocycles. The summed E-state index contributed by atoms with van der Waals surface area (Å²) >= 11 is 1.49. The van der Waals surface area contributed by atoms with Gasteiger partial charge in [-0.3, -0.25) is 0 Å². The van der Waals surface area contributed by atoms with Crippen LogP contribution in [0.5, 0.6) is 0 Å². The molecule has 0 amide bonds. The predicted molar refractivity (Wildman–Crippen MR) is 55.1 cm³/mol. The number of nitrogens with zero attached hydrogens (tertiary/aromatic N) is 4. The van der Waals surface area contributed by atoms with Crippen molar-refractivity contribution in [3.63, 3.8) is 0 Å². The summed E-state index contributed by atoms with van der Waals surface area (Å²) in [6.45, 7) is 2.12. The first kappa shape index (κ1) is 11.5. The van der Waals surface area contributed by atoms with E-state index in [1.165, 1.54) is 11.8 Å². The van der Waals surface area contributed by atoms with Crippen molar-refractivity contribution in [2.24, 2.45) is 7.05 Å². The van der Waals surface area contributed by atoms with Crippen LogP contribution in [0.25, 0.3) is 0 Å². The third kappa shape index (κ3) is 3.63. The van der Waals surface area contributed by atoms with Crippen LogP contribution in [0.3, 0.4) is 0 Å². The van der Waals surface area contributed by atoms with Crippen LogP contribution in [-0.2, 0) is 7.05 Å². The monoisotopic (exact) mass is 216 g/mol. The minimum Gasteiger partial charge on any atom is -0.392 e. The number of unbranched alkanes of at least 4 members (excludes halogenated alkanes) is 1. The van der Waals surface area contributed by atoms with Crippen LogP contribution >= 0.6 is 11.8 Å². The van der Waals surface area contributed by atoms with Crippen molar-refractivity contribution in [2.75, 3.05) is 5.75 Å². The number of rotatable bonds is 6. The van der Waals surface area contributed by atoms with E-state index >= 15 is 0 Å². The van der Waals surface area contributed by atoms with Crippen LogP contribution in [0, 0.1) is 0 Å². The Hall–Kier alpha value is -0.620. The van der Waals surface area contributed by atoms with Gasteiger partial charge in [0.15, 0.2) is 0 Å². The minimum absolute atomic E-state index is 0.253. The molecule has 1 rings (SSSR count). The third-order valence-corrected chi connectivity index (χ3v) is 3.03. The van der Waals surface area contributed by atoms with Gasteiger partial charge in [-0.25, -0.2) is 4.68 Å². The first-order valence-corrected chi connectivity index (χ1v) is 5.75. The molecule has 14 heavy (non-hydrogen) atoms. The highest BCUT2D eigenvalue weighted by Gasteiger charge is 2.07. The normalized spacial score (nSPS) is 13.1. The number of hydrogen-bond acceptors (Lipinski definition) is 5. The van der Waals surface area contributed by atoms with Gasteiger partial charge in [-0.15, -0.1) is 5.10 Å². The molecule has 0 aliphatic carbocycles. The maximum Gasteiger partial charge on any atom is 0.209 e. The van der Waals surface area contributed by atoms with Crippen molar-refractivity contribution < 1.29 is 5.11 Å². The number of hydrogen-bond donors (Lipinski definition) is 1. The molecule has 0 aromatic carbocycles. The lowest BCUT2D eigenvalue weighted by atomic mass is 10.2. The van der Waals surface area contributed by atoms with Crippen molar-refractivity contribution in [1.82, 2.24) is 20.2 Å². The van der Waals surface area contributed by atoms with Crippen LogP contribution in [-0.4, -0.2) is 37.2 Å². The van der Waals surface area contributed by atoms with Gasteiger partial charge in [0, 0.05) is 12.8 Å². The summed E-state index contributed by atoms with van der Waals surface area (Å²) in [4.78, 5) is 0. The lowest BCUT2D eigenvalue weighted by molar-refractivity contribution is 0.186. The molecular formula is C8H16N4OS. The average molecular weight is 216 g/mol. The Kier molecular flexibility index (Phi) is 4.89. The largest absolute Gasteiger partial charge is 0.392 e. The number of aryl methyl sites for hydroxylation is 1. The molecule has 80 valence electrons. The molecule has 0 saturated carbocycles. The summed E-state index contributed by atoms with van der Waals surface area (Å²) < 4.78 is 1.61. The second-order valence-corrected chi connectivity index (χ2v) is 4.18. The van der Waals surface area contributed by atoms with Gasteiger partial charge in [0.1, 0.15) is 0 Å². The van der Waals surface area contributed by atoms with Gasteiger partial charge in [0.05, 0.1) is 6.10 Å². The number of thioether (sulfide) groups is 1. The number of aromatic nitrogens is 4. The van der Waals surface area contributed by atoms with Gasteiger partial charge in [0.2, 0.25) is 5.16 Å². The van der Waals surface area contributed by atoms with Crippen LogP contribution in [0.15, 0.2) is 5.16 Å². The first-order chi connectivity index (χ1) is 6.74. The standard InChI is InChI=1S/C8H16N4OS/c1-3-4-5-7(13)6-14-8-9-10-11-12(8)2/h7,13H,3-6H2,1-2H3. The Morgan fingerprint density at radius 1 is 1.57 bits per heavy atom. The molecule has 6 heteroatoms. The van der Waals surface area contributed by atoms with E-state index < -0.39 is 0 Å². The van der Waals surface area contributed by atoms with E-state index in [9.17, 15) is 5.11 Å². The Morgan fingerprint density at radius 2 is 2.36 bits per heavy atom. The van der Waals surface area contributed by atoms with Crippen molar-refractivity contribution in [3.8, 4) is 0 Å². The zero-order valence-electron chi connectivity index (χ0n) is 8.55. The molecule has 1 unspecified atom stereocenters. The van der Waals surface area contributed by atoms with Gasteiger partial charge in [-0.2, -0.15) is 0 Å². The SMILES string of the molecule is CCCCC(O)CSc1nnnn1C. The fraction of sp³-hybridized carbons (Fsp3) is 0.875. The fourth-order valence-corrected chi connectivity index (χ4v) is 1.86. The van der Waals surface area contributed by atoms with E-state index in [2.05, 4.69) is 22.4 Å². The molecule has 1 heterocycles. The Balaban J connectivity index is 2.23. The summed E-state index contributed by atoms with van der Waals surface area (Å²) in [6, 6.07) is 0. The van der Waals surface area contributed by atoms with E-state index in [0.29, 0.717) is 5.75 Å². The average Bonchev–Trinajstić information content (AvgIpc) is 2.58. The van der Waals surface area contributed by atoms with Gasteiger partial charge < -0.3 is 5.11 Å². The van der Waals surface area contributed by atoms with E-state index in [4.69, 9.17) is 0 Å². The first-order valence-electron chi connectivity index (χ1n) is 4.77. The number of aliphatic hydroxyl groups is 1. The lowest BCUT2D eigenvalue weighted by Crippen LogP contribution is -2.10. The molecule has 1 N–H and O–H groups in total. The molecule has 0 fully saturated rings. The highest BCUT2D eigenvalue weighted by Crippen LogP contribution is 2.15. The molecule has 1 atom stereocenters. The van der Waals surface area contributed by atoms with Gasteiger partial charge >= 0.3 is 0 Å². The summed E-state index contributed by atoms with van der Waals surface area (Å²) in [5.41, 5.74) is 0. The molecule has 0 spiro atoms. The van der Waals surface area contributed by atoms with Crippen molar-refractivity contribution in [3.05, 3.63) is 0 Å². The molecule has 0 bridgehead atoms. The molecule has 0 aliphatic rings. The van der Waals surface area contributed by atoms with E-state index in [1.807, 2.05) is 0 Å². The predicted octanol–water partition coefficient (Wildman–Crippen LogP) is 0.853. The smallest absolute Gasteiger partial charge is 0.209 e. The highest BCUT2D eigenvalue weighted by molar-refractivity contribution is 7.99. The third-order valence-electron chi connectivity index (χ3n) is 1.88. The zero-order chi connectivity index (χ0) is 10.4.